The Morgan fingerprint density at radius 3 is 2.64 bits per heavy atom. The average Bonchev–Trinajstić information content (AvgIpc) is 3.14. The quantitative estimate of drug-likeness (QED) is 0.628. The number of hydrogen-bond donors (Lipinski definition) is 1. The predicted molar refractivity (Wildman–Crippen MR) is 99.0 cm³/mol. The Labute approximate surface area is 162 Å². The summed E-state index contributed by atoms with van der Waals surface area (Å²) >= 11 is 0. The Hall–Kier alpha value is -2.27. The number of halogens is 3. The molecule has 0 spiro atoms. The van der Waals surface area contributed by atoms with Crippen LogP contribution >= 0.6 is 0 Å². The van der Waals surface area contributed by atoms with Gasteiger partial charge in [-0.25, -0.2) is 6.57 Å². The summed E-state index contributed by atoms with van der Waals surface area (Å²) in [6.45, 7) is 9.86. The van der Waals surface area contributed by atoms with E-state index in [9.17, 15) is 18.0 Å². The van der Waals surface area contributed by atoms with Gasteiger partial charge in [0.1, 0.15) is 0 Å². The van der Waals surface area contributed by atoms with E-state index in [4.69, 9.17) is 11.3 Å². The van der Waals surface area contributed by atoms with Crippen LogP contribution in [0.25, 0.3) is 4.85 Å². The summed E-state index contributed by atoms with van der Waals surface area (Å²) in [6.07, 6.45) is -3.31. The van der Waals surface area contributed by atoms with Crippen molar-refractivity contribution in [1.82, 2.24) is 5.32 Å². The number of benzene rings is 1. The van der Waals surface area contributed by atoms with Crippen molar-refractivity contribution in [3.05, 3.63) is 40.7 Å². The van der Waals surface area contributed by atoms with E-state index in [-0.39, 0.29) is 23.7 Å². The van der Waals surface area contributed by atoms with E-state index >= 15 is 0 Å². The number of alkyl halides is 3. The molecule has 2 saturated heterocycles. The Bertz CT molecular complexity index is 752. The summed E-state index contributed by atoms with van der Waals surface area (Å²) in [5.41, 5.74) is 0.749. The number of nitrogens with zero attached hydrogens (tertiary/aromatic N) is 2. The number of esters is 1. The zero-order valence-corrected chi connectivity index (χ0v) is 15.8. The average molecular weight is 395 g/mol. The molecule has 2 heterocycles. The third-order valence-electron chi connectivity index (χ3n) is 5.79. The van der Waals surface area contributed by atoms with Crippen molar-refractivity contribution in [2.24, 2.45) is 11.8 Å². The fourth-order valence-electron chi connectivity index (χ4n) is 4.24. The SMILES string of the molecule is [C-]#[N+]C[C@H]1CNC[C@@H]1c1ccc(C(F)(F)F)cc1N1CCC(C(=O)OC)CC1. The predicted octanol–water partition coefficient (Wildman–Crippen LogP) is 3.32. The van der Waals surface area contributed by atoms with Gasteiger partial charge in [0.25, 0.3) is 0 Å². The highest BCUT2D eigenvalue weighted by atomic mass is 19.4. The second kappa shape index (κ2) is 8.39. The number of anilines is 1. The molecule has 0 amide bonds. The van der Waals surface area contributed by atoms with E-state index < -0.39 is 11.7 Å². The third-order valence-corrected chi connectivity index (χ3v) is 5.79. The number of ether oxygens (including phenoxy) is 1. The zero-order valence-electron chi connectivity index (χ0n) is 15.8. The molecule has 2 aliphatic heterocycles. The summed E-state index contributed by atoms with van der Waals surface area (Å²) < 4.78 is 44.8. The largest absolute Gasteiger partial charge is 0.469 e. The van der Waals surface area contributed by atoms with Gasteiger partial charge in [0.05, 0.1) is 24.5 Å². The van der Waals surface area contributed by atoms with Crippen LogP contribution in [0.5, 0.6) is 0 Å². The van der Waals surface area contributed by atoms with Crippen LogP contribution in [0.1, 0.15) is 29.9 Å². The fourth-order valence-corrected chi connectivity index (χ4v) is 4.24. The minimum atomic E-state index is -4.42. The van der Waals surface area contributed by atoms with Crippen molar-refractivity contribution in [2.45, 2.75) is 24.9 Å². The molecule has 8 heteroatoms. The van der Waals surface area contributed by atoms with E-state index in [0.717, 1.165) is 11.6 Å². The molecule has 28 heavy (non-hydrogen) atoms. The lowest BCUT2D eigenvalue weighted by Gasteiger charge is -2.35. The molecular weight excluding hydrogens is 371 g/mol. The van der Waals surface area contributed by atoms with Gasteiger partial charge >= 0.3 is 12.1 Å². The van der Waals surface area contributed by atoms with E-state index in [0.29, 0.717) is 51.3 Å². The summed E-state index contributed by atoms with van der Waals surface area (Å²) in [5, 5.41) is 3.27. The fraction of sp³-hybridized carbons (Fsp3) is 0.600. The highest BCUT2D eigenvalue weighted by molar-refractivity contribution is 5.73. The smallest absolute Gasteiger partial charge is 0.416 e. The molecule has 5 nitrogen and oxygen atoms in total. The minimum absolute atomic E-state index is 0.00437. The van der Waals surface area contributed by atoms with Crippen LogP contribution in [0.2, 0.25) is 0 Å². The minimum Gasteiger partial charge on any atom is -0.469 e. The molecule has 0 unspecified atom stereocenters. The van der Waals surface area contributed by atoms with Gasteiger partial charge in [-0.3, -0.25) is 4.79 Å². The number of nitrogens with one attached hydrogen (secondary N) is 1. The third kappa shape index (κ3) is 4.25. The highest BCUT2D eigenvalue weighted by Gasteiger charge is 2.37. The maximum absolute atomic E-state index is 13.3. The molecule has 1 aromatic carbocycles. The number of rotatable bonds is 4. The second-order valence-corrected chi connectivity index (χ2v) is 7.42. The van der Waals surface area contributed by atoms with Gasteiger partial charge in [0.2, 0.25) is 6.54 Å². The first-order valence-corrected chi connectivity index (χ1v) is 9.43. The summed E-state index contributed by atoms with van der Waals surface area (Å²) in [7, 11) is 1.35. The summed E-state index contributed by atoms with van der Waals surface area (Å²) in [5.74, 6) is -0.384. The molecule has 0 radical (unpaired) electrons. The number of methoxy groups -OCH3 is 1. The van der Waals surface area contributed by atoms with E-state index in [1.165, 1.54) is 13.2 Å². The molecule has 0 aromatic heterocycles. The van der Waals surface area contributed by atoms with Gasteiger partial charge in [-0.1, -0.05) is 6.07 Å². The lowest BCUT2D eigenvalue weighted by molar-refractivity contribution is -0.146. The van der Waals surface area contributed by atoms with Crippen LogP contribution in [0.4, 0.5) is 18.9 Å². The standard InChI is InChI=1S/C20H24F3N3O2/c1-24-10-14-11-25-12-17(14)16-4-3-15(20(21,22)23)9-18(16)26-7-5-13(6-8-26)19(27)28-2/h3-4,9,13-14,17,25H,5-8,10-12H2,2H3/t14-,17-/m0/s1. The number of piperidine rings is 1. The van der Waals surface area contributed by atoms with Crippen LogP contribution in [0, 0.1) is 18.4 Å². The van der Waals surface area contributed by atoms with Crippen molar-refractivity contribution < 1.29 is 22.7 Å². The molecule has 2 aliphatic rings. The number of carbonyl (C=O) groups is 1. The molecule has 3 rings (SSSR count). The van der Waals surface area contributed by atoms with Crippen LogP contribution in [-0.4, -0.2) is 45.8 Å². The first-order valence-electron chi connectivity index (χ1n) is 9.43. The Morgan fingerprint density at radius 2 is 2.04 bits per heavy atom. The first kappa shape index (κ1) is 20.5. The Balaban J connectivity index is 1.91. The van der Waals surface area contributed by atoms with Gasteiger partial charge in [-0.05, 0) is 30.5 Å². The van der Waals surface area contributed by atoms with Crippen molar-refractivity contribution >= 4 is 11.7 Å². The zero-order chi connectivity index (χ0) is 20.3. The molecule has 1 N–H and O–H groups in total. The molecule has 0 aliphatic carbocycles. The van der Waals surface area contributed by atoms with Crippen molar-refractivity contribution in [3.63, 3.8) is 0 Å². The molecule has 0 saturated carbocycles. The lowest BCUT2D eigenvalue weighted by Crippen LogP contribution is -2.37. The maximum atomic E-state index is 13.3. The molecule has 152 valence electrons. The molecular formula is C20H24F3N3O2. The number of hydrogen-bond acceptors (Lipinski definition) is 4. The van der Waals surface area contributed by atoms with Crippen molar-refractivity contribution in [2.75, 3.05) is 44.7 Å². The van der Waals surface area contributed by atoms with Crippen molar-refractivity contribution in [3.8, 4) is 0 Å². The summed E-state index contributed by atoms with van der Waals surface area (Å²) in [6, 6.07) is 3.92. The van der Waals surface area contributed by atoms with E-state index in [2.05, 4.69) is 10.2 Å². The topological polar surface area (TPSA) is 45.9 Å². The molecule has 1 aromatic rings. The van der Waals surface area contributed by atoms with E-state index in [1.807, 2.05) is 4.90 Å². The molecule has 2 atom stereocenters. The van der Waals surface area contributed by atoms with Crippen LogP contribution < -0.4 is 10.2 Å². The van der Waals surface area contributed by atoms with Gasteiger partial charge in [-0.15, -0.1) is 0 Å². The monoisotopic (exact) mass is 395 g/mol. The summed E-state index contributed by atoms with van der Waals surface area (Å²) in [4.78, 5) is 17.2. The number of carbonyl (C=O) groups excluding carboxylic acids is 1. The maximum Gasteiger partial charge on any atom is 0.416 e. The van der Waals surface area contributed by atoms with Gasteiger partial charge in [0.15, 0.2) is 0 Å². The van der Waals surface area contributed by atoms with Crippen LogP contribution in [0.3, 0.4) is 0 Å². The van der Waals surface area contributed by atoms with Gasteiger partial charge in [0, 0.05) is 37.8 Å². The second-order valence-electron chi connectivity index (χ2n) is 7.42. The van der Waals surface area contributed by atoms with Gasteiger partial charge in [-0.2, -0.15) is 13.2 Å². The highest BCUT2D eigenvalue weighted by Crippen LogP contribution is 2.40. The first-order chi connectivity index (χ1) is 13.3. The normalized spacial score (nSPS) is 23.5. The van der Waals surface area contributed by atoms with Crippen molar-refractivity contribution in [1.29, 1.82) is 0 Å². The van der Waals surface area contributed by atoms with Crippen LogP contribution in [-0.2, 0) is 15.7 Å². The molecule has 2 fully saturated rings. The van der Waals surface area contributed by atoms with E-state index in [1.54, 1.807) is 6.07 Å². The lowest BCUT2D eigenvalue weighted by atomic mass is 9.86. The Kier molecular flexibility index (Phi) is 6.14. The molecule has 0 bridgehead atoms. The Morgan fingerprint density at radius 1 is 1.32 bits per heavy atom. The van der Waals surface area contributed by atoms with Gasteiger partial charge < -0.3 is 19.8 Å². The van der Waals surface area contributed by atoms with Crippen LogP contribution in [0.15, 0.2) is 18.2 Å².